The highest BCUT2D eigenvalue weighted by molar-refractivity contribution is 5.82. The van der Waals surface area contributed by atoms with E-state index in [0.29, 0.717) is 39.6 Å². The van der Waals surface area contributed by atoms with Crippen molar-refractivity contribution in [2.45, 2.75) is 67.2 Å². The number of rotatable bonds is 26. The van der Waals surface area contributed by atoms with Gasteiger partial charge in [-0.15, -0.1) is 0 Å². The molecule has 70 heavy (non-hydrogen) atoms. The van der Waals surface area contributed by atoms with Gasteiger partial charge in [-0.1, -0.05) is 75.3 Å². The van der Waals surface area contributed by atoms with Crippen molar-refractivity contribution in [3.63, 3.8) is 0 Å². The maximum Gasteiger partial charge on any atom is 0.127 e. The SMILES string of the molecule is CCCCOc1cc(/C=C/c2ccc(N(c3ccc(OCC)cc3)c3ccc(OCC)cc3)cc2)c(OCCCC)cc1/C=C/c1ccc(N(c2ccc(OCC)cc2)c2ccc(OCC)cc2)cc1. The van der Waals surface area contributed by atoms with Gasteiger partial charge in [-0.3, -0.25) is 0 Å². The van der Waals surface area contributed by atoms with E-state index in [4.69, 9.17) is 28.4 Å². The molecule has 0 aromatic heterocycles. The lowest BCUT2D eigenvalue weighted by Crippen LogP contribution is -2.10. The molecule has 0 aliphatic carbocycles. The lowest BCUT2D eigenvalue weighted by molar-refractivity contribution is 0.300. The third kappa shape index (κ3) is 13.8. The fraction of sp³-hybridized carbons (Fsp3) is 0.258. The Bertz CT molecular complexity index is 2410. The molecule has 0 saturated carbocycles. The first-order chi connectivity index (χ1) is 34.4. The van der Waals surface area contributed by atoms with Crippen LogP contribution in [0, 0.1) is 0 Å². The van der Waals surface area contributed by atoms with Gasteiger partial charge in [0.25, 0.3) is 0 Å². The average molecular weight is 937 g/mol. The molecule has 0 spiro atoms. The fourth-order valence-electron chi connectivity index (χ4n) is 7.92. The maximum atomic E-state index is 6.52. The van der Waals surface area contributed by atoms with Gasteiger partial charge in [0.2, 0.25) is 0 Å². The largest absolute Gasteiger partial charge is 0.494 e. The Balaban J connectivity index is 1.16. The van der Waals surface area contributed by atoms with Crippen molar-refractivity contribution >= 4 is 58.4 Å². The van der Waals surface area contributed by atoms with Crippen molar-refractivity contribution in [3.05, 3.63) is 180 Å². The predicted molar refractivity (Wildman–Crippen MR) is 292 cm³/mol. The average Bonchev–Trinajstić information content (AvgIpc) is 3.39. The van der Waals surface area contributed by atoms with E-state index in [1.165, 1.54) is 0 Å². The molecule has 0 atom stereocenters. The first-order valence-corrected chi connectivity index (χ1v) is 24.9. The van der Waals surface area contributed by atoms with E-state index < -0.39 is 0 Å². The lowest BCUT2D eigenvalue weighted by Gasteiger charge is -2.26. The Labute approximate surface area is 416 Å². The summed E-state index contributed by atoms with van der Waals surface area (Å²) in [5.41, 5.74) is 10.2. The van der Waals surface area contributed by atoms with E-state index in [-0.39, 0.29) is 0 Å². The molecule has 0 saturated heterocycles. The maximum absolute atomic E-state index is 6.52. The van der Waals surface area contributed by atoms with Crippen molar-refractivity contribution in [1.82, 2.24) is 0 Å². The third-order valence-corrected chi connectivity index (χ3v) is 11.5. The second-order valence-electron chi connectivity index (χ2n) is 16.6. The molecule has 0 N–H and O–H groups in total. The highest BCUT2D eigenvalue weighted by Gasteiger charge is 2.16. The minimum atomic E-state index is 0.618. The summed E-state index contributed by atoms with van der Waals surface area (Å²) in [4.78, 5) is 4.47. The van der Waals surface area contributed by atoms with Gasteiger partial charge in [-0.2, -0.15) is 0 Å². The number of ether oxygens (including phenoxy) is 6. The van der Waals surface area contributed by atoms with Gasteiger partial charge < -0.3 is 38.2 Å². The quantitative estimate of drug-likeness (QED) is 0.0393. The summed E-state index contributed by atoms with van der Waals surface area (Å²) in [6.07, 6.45) is 12.5. The molecule has 8 nitrogen and oxygen atoms in total. The molecule has 7 aromatic carbocycles. The van der Waals surface area contributed by atoms with Crippen LogP contribution in [-0.2, 0) is 0 Å². The van der Waals surface area contributed by atoms with Crippen molar-refractivity contribution in [2.24, 2.45) is 0 Å². The molecule has 0 aliphatic rings. The summed E-state index contributed by atoms with van der Waals surface area (Å²) in [5.74, 6) is 5.01. The van der Waals surface area contributed by atoms with Crippen LogP contribution in [0.3, 0.4) is 0 Å². The van der Waals surface area contributed by atoms with Crippen LogP contribution in [0.25, 0.3) is 24.3 Å². The van der Waals surface area contributed by atoms with E-state index in [2.05, 4.69) is 157 Å². The highest BCUT2D eigenvalue weighted by atomic mass is 16.5. The van der Waals surface area contributed by atoms with Gasteiger partial charge in [0, 0.05) is 45.3 Å². The Hall–Kier alpha value is -7.58. The normalized spacial score (nSPS) is 11.2. The van der Waals surface area contributed by atoms with E-state index in [1.54, 1.807) is 0 Å². The summed E-state index contributed by atoms with van der Waals surface area (Å²) in [5, 5.41) is 0. The number of anilines is 6. The molecule has 7 rings (SSSR count). The molecule has 0 bridgehead atoms. The summed E-state index contributed by atoms with van der Waals surface area (Å²) >= 11 is 0. The fourth-order valence-corrected chi connectivity index (χ4v) is 7.92. The molecule has 0 unspecified atom stereocenters. The van der Waals surface area contributed by atoms with Gasteiger partial charge in [0.05, 0.1) is 39.6 Å². The van der Waals surface area contributed by atoms with E-state index >= 15 is 0 Å². The van der Waals surface area contributed by atoms with E-state index in [9.17, 15) is 0 Å². The van der Waals surface area contributed by atoms with Crippen LogP contribution in [0.15, 0.2) is 158 Å². The number of hydrogen-bond acceptors (Lipinski definition) is 8. The van der Waals surface area contributed by atoms with Crippen LogP contribution in [0.5, 0.6) is 34.5 Å². The standard InChI is InChI=1S/C62H68N2O6/c1-7-13-43-69-61-45-50(22-16-48-19-25-52(26-20-48)64(55-31-39-59(40-32-55)67-11-5)56-33-41-60(42-34-56)68-12-6)62(70-44-14-8-2)46-49(61)21-15-47-17-23-51(24-18-47)63(53-27-35-57(36-28-53)65-9-3)54-29-37-58(38-30-54)66-10-4/h15-42,45-46H,7-14,43-44H2,1-6H3/b21-15+,22-16+. The van der Waals surface area contributed by atoms with Crippen molar-refractivity contribution in [1.29, 1.82) is 0 Å². The van der Waals surface area contributed by atoms with Gasteiger partial charge in [-0.05, 0) is 185 Å². The lowest BCUT2D eigenvalue weighted by atomic mass is 10.0. The summed E-state index contributed by atoms with van der Waals surface area (Å²) in [7, 11) is 0. The monoisotopic (exact) mass is 937 g/mol. The Morgan fingerprint density at radius 3 is 0.814 bits per heavy atom. The van der Waals surface area contributed by atoms with Gasteiger partial charge in [-0.25, -0.2) is 0 Å². The van der Waals surface area contributed by atoms with Crippen LogP contribution in [0.2, 0.25) is 0 Å². The minimum Gasteiger partial charge on any atom is -0.494 e. The minimum absolute atomic E-state index is 0.618. The molecule has 0 heterocycles. The highest BCUT2D eigenvalue weighted by Crippen LogP contribution is 2.39. The summed E-state index contributed by atoms with van der Waals surface area (Å²) in [6, 6.07) is 54.3. The Morgan fingerprint density at radius 2 is 0.571 bits per heavy atom. The Kier molecular flexibility index (Phi) is 18.9. The zero-order chi connectivity index (χ0) is 48.9. The Morgan fingerprint density at radius 1 is 0.314 bits per heavy atom. The van der Waals surface area contributed by atoms with Crippen LogP contribution in [-0.4, -0.2) is 39.6 Å². The van der Waals surface area contributed by atoms with Crippen molar-refractivity contribution in [2.75, 3.05) is 49.4 Å². The van der Waals surface area contributed by atoms with Crippen LogP contribution in [0.1, 0.15) is 89.5 Å². The first-order valence-electron chi connectivity index (χ1n) is 24.9. The number of unbranched alkanes of at least 4 members (excludes halogenated alkanes) is 2. The summed E-state index contributed by atoms with van der Waals surface area (Å²) < 4.78 is 36.1. The molecular formula is C62H68N2O6. The number of benzene rings is 7. The van der Waals surface area contributed by atoms with Crippen LogP contribution < -0.4 is 38.2 Å². The second kappa shape index (κ2) is 26.3. The third-order valence-electron chi connectivity index (χ3n) is 11.5. The first kappa shape index (κ1) is 50.3. The van der Waals surface area contributed by atoms with E-state index in [0.717, 1.165) is 117 Å². The smallest absolute Gasteiger partial charge is 0.127 e. The van der Waals surface area contributed by atoms with Crippen molar-refractivity contribution in [3.8, 4) is 34.5 Å². The molecule has 0 aliphatic heterocycles. The van der Waals surface area contributed by atoms with Crippen LogP contribution in [0.4, 0.5) is 34.1 Å². The van der Waals surface area contributed by atoms with E-state index in [1.807, 2.05) is 76.2 Å². The van der Waals surface area contributed by atoms with Gasteiger partial charge in [0.1, 0.15) is 34.5 Å². The van der Waals surface area contributed by atoms with Crippen molar-refractivity contribution < 1.29 is 28.4 Å². The molecule has 7 aromatic rings. The predicted octanol–water partition coefficient (Wildman–Crippen LogP) is 16.9. The number of hydrogen-bond donors (Lipinski definition) is 0. The second-order valence-corrected chi connectivity index (χ2v) is 16.6. The van der Waals surface area contributed by atoms with Gasteiger partial charge in [0.15, 0.2) is 0 Å². The zero-order valence-electron chi connectivity index (χ0n) is 41.7. The van der Waals surface area contributed by atoms with Gasteiger partial charge >= 0.3 is 0 Å². The van der Waals surface area contributed by atoms with Crippen LogP contribution >= 0.6 is 0 Å². The molecular weight excluding hydrogens is 869 g/mol. The molecule has 0 amide bonds. The molecule has 362 valence electrons. The topological polar surface area (TPSA) is 61.9 Å². The molecule has 0 fully saturated rings. The molecule has 8 heteroatoms. The molecule has 0 radical (unpaired) electrons. The summed E-state index contributed by atoms with van der Waals surface area (Å²) in [6.45, 7) is 16.1. The number of nitrogens with zero attached hydrogens (tertiary/aromatic N) is 2. The zero-order valence-corrected chi connectivity index (χ0v) is 41.7.